The fraction of sp³-hybridized carbons (Fsp3) is 0.250. The van der Waals surface area contributed by atoms with Crippen molar-refractivity contribution in [3.8, 4) is 5.75 Å². The summed E-state index contributed by atoms with van der Waals surface area (Å²) in [5.41, 5.74) is 0. The van der Waals surface area contributed by atoms with Crippen LogP contribution in [0.4, 0.5) is 0 Å². The van der Waals surface area contributed by atoms with Gasteiger partial charge >= 0.3 is 0 Å². The Balaban J connectivity index is 2.78. The van der Waals surface area contributed by atoms with Gasteiger partial charge in [-0.15, -0.1) is 0 Å². The Hall–Kier alpha value is -0.283. The predicted molar refractivity (Wildman–Crippen MR) is 53.6 cm³/mol. The number of benzene rings is 1. The molecule has 0 N–H and O–H groups in total. The molecule has 0 unspecified atom stereocenters. The molecular formula is C8H11BrOSi. The smallest absolute Gasteiger partial charge is 0.229 e. The Kier molecular flexibility index (Phi) is 3.14. The van der Waals surface area contributed by atoms with E-state index in [9.17, 15) is 0 Å². The predicted octanol–water partition coefficient (Wildman–Crippen LogP) is 2.81. The van der Waals surface area contributed by atoms with E-state index in [-0.39, 0.29) is 0 Å². The maximum absolute atomic E-state index is 5.64. The molecule has 0 aliphatic rings. The van der Waals surface area contributed by atoms with Crippen molar-refractivity contribution in [2.75, 3.05) is 0 Å². The maximum Gasteiger partial charge on any atom is 0.229 e. The fourth-order valence-electron chi connectivity index (χ4n) is 0.794. The molecule has 0 amide bonds. The van der Waals surface area contributed by atoms with Crippen LogP contribution < -0.4 is 4.43 Å². The highest BCUT2D eigenvalue weighted by molar-refractivity contribution is 9.10. The molecule has 0 atom stereocenters. The van der Waals surface area contributed by atoms with E-state index in [1.54, 1.807) is 0 Å². The van der Waals surface area contributed by atoms with Crippen LogP contribution in [-0.2, 0) is 0 Å². The second kappa shape index (κ2) is 3.92. The first-order valence-electron chi connectivity index (χ1n) is 3.61. The van der Waals surface area contributed by atoms with Gasteiger partial charge in [0.05, 0.1) is 4.47 Å². The second-order valence-electron chi connectivity index (χ2n) is 2.60. The van der Waals surface area contributed by atoms with Crippen LogP contribution in [0, 0.1) is 0 Å². The van der Waals surface area contributed by atoms with Gasteiger partial charge in [-0.25, -0.2) is 0 Å². The van der Waals surface area contributed by atoms with E-state index in [1.807, 2.05) is 24.3 Å². The third-order valence-corrected chi connectivity index (χ3v) is 2.58. The Bertz CT molecular complexity index is 237. The summed E-state index contributed by atoms with van der Waals surface area (Å²) in [6.07, 6.45) is 0. The molecule has 1 aromatic carbocycles. The van der Waals surface area contributed by atoms with E-state index in [0.29, 0.717) is 0 Å². The van der Waals surface area contributed by atoms with Gasteiger partial charge in [-0.3, -0.25) is 0 Å². The van der Waals surface area contributed by atoms with Gasteiger partial charge in [0.1, 0.15) is 5.75 Å². The van der Waals surface area contributed by atoms with Crippen LogP contribution in [0.1, 0.15) is 0 Å². The zero-order valence-electron chi connectivity index (χ0n) is 6.67. The van der Waals surface area contributed by atoms with Crippen LogP contribution in [0.3, 0.4) is 0 Å². The number of hydrogen-bond acceptors (Lipinski definition) is 1. The van der Waals surface area contributed by atoms with Crippen molar-refractivity contribution in [3.05, 3.63) is 28.7 Å². The minimum atomic E-state index is -0.955. The molecule has 3 heteroatoms. The first-order valence-corrected chi connectivity index (χ1v) is 7.18. The molecule has 0 heterocycles. The van der Waals surface area contributed by atoms with Crippen molar-refractivity contribution in [2.45, 2.75) is 13.1 Å². The van der Waals surface area contributed by atoms with Crippen molar-refractivity contribution in [1.82, 2.24) is 0 Å². The summed E-state index contributed by atoms with van der Waals surface area (Å²) in [6.45, 7) is 4.30. The molecule has 0 saturated carbocycles. The fourth-order valence-corrected chi connectivity index (χ4v) is 2.06. The zero-order chi connectivity index (χ0) is 8.27. The third kappa shape index (κ3) is 2.67. The molecule has 0 aliphatic heterocycles. The van der Waals surface area contributed by atoms with Crippen molar-refractivity contribution in [2.24, 2.45) is 0 Å². The van der Waals surface area contributed by atoms with Gasteiger partial charge in [0, 0.05) is 0 Å². The second-order valence-corrected chi connectivity index (χ2v) is 5.78. The monoisotopic (exact) mass is 230 g/mol. The van der Waals surface area contributed by atoms with Crippen LogP contribution in [-0.4, -0.2) is 9.04 Å². The average Bonchev–Trinajstić information content (AvgIpc) is 1.93. The van der Waals surface area contributed by atoms with Crippen molar-refractivity contribution < 1.29 is 4.43 Å². The molecule has 0 spiro atoms. The molecule has 60 valence electrons. The average molecular weight is 231 g/mol. The number of para-hydroxylation sites is 1. The number of halogens is 1. The highest BCUT2D eigenvalue weighted by Crippen LogP contribution is 2.23. The SMILES string of the molecule is C[SiH](C)Oc1ccccc1Br. The first kappa shape index (κ1) is 8.81. The standard InChI is InChI=1S/C8H11BrOSi/c1-11(2)10-8-6-4-3-5-7(8)9/h3-6,11H,1-2H3. The minimum Gasteiger partial charge on any atom is -0.546 e. The van der Waals surface area contributed by atoms with Crippen LogP contribution in [0.5, 0.6) is 5.75 Å². The Morgan fingerprint density at radius 3 is 2.45 bits per heavy atom. The van der Waals surface area contributed by atoms with Crippen molar-refractivity contribution in [1.29, 1.82) is 0 Å². The quantitative estimate of drug-likeness (QED) is 0.711. The van der Waals surface area contributed by atoms with E-state index in [1.165, 1.54) is 0 Å². The highest BCUT2D eigenvalue weighted by Gasteiger charge is 2.01. The third-order valence-electron chi connectivity index (χ3n) is 1.20. The van der Waals surface area contributed by atoms with E-state index in [0.717, 1.165) is 10.2 Å². The molecular weight excluding hydrogens is 220 g/mol. The molecule has 0 saturated heterocycles. The Labute approximate surface area is 77.2 Å². The summed E-state index contributed by atoms with van der Waals surface area (Å²) in [4.78, 5) is 0. The number of hydrogen-bond donors (Lipinski definition) is 0. The van der Waals surface area contributed by atoms with Gasteiger partial charge in [-0.1, -0.05) is 12.1 Å². The van der Waals surface area contributed by atoms with Crippen LogP contribution >= 0.6 is 15.9 Å². The topological polar surface area (TPSA) is 9.23 Å². The van der Waals surface area contributed by atoms with E-state index in [4.69, 9.17) is 4.43 Å². The van der Waals surface area contributed by atoms with Gasteiger partial charge in [0.15, 0.2) is 0 Å². The summed E-state index contributed by atoms with van der Waals surface area (Å²) in [6, 6.07) is 7.94. The molecule has 0 fully saturated rings. The van der Waals surface area contributed by atoms with E-state index >= 15 is 0 Å². The molecule has 11 heavy (non-hydrogen) atoms. The lowest BCUT2D eigenvalue weighted by Crippen LogP contribution is -2.11. The van der Waals surface area contributed by atoms with E-state index < -0.39 is 9.04 Å². The summed E-state index contributed by atoms with van der Waals surface area (Å²) < 4.78 is 6.68. The lowest BCUT2D eigenvalue weighted by molar-refractivity contribution is 0.577. The maximum atomic E-state index is 5.64. The molecule has 0 aliphatic carbocycles. The van der Waals surface area contributed by atoms with E-state index in [2.05, 4.69) is 29.0 Å². The van der Waals surface area contributed by atoms with Gasteiger partial charge in [0.2, 0.25) is 9.04 Å². The minimum absolute atomic E-state index is 0.955. The number of rotatable bonds is 2. The van der Waals surface area contributed by atoms with Crippen LogP contribution in [0.15, 0.2) is 28.7 Å². The van der Waals surface area contributed by atoms with Crippen molar-refractivity contribution >= 4 is 25.0 Å². The normalized spacial score (nSPS) is 10.2. The summed E-state index contributed by atoms with van der Waals surface area (Å²) >= 11 is 3.42. The zero-order valence-corrected chi connectivity index (χ0v) is 9.41. The summed E-state index contributed by atoms with van der Waals surface area (Å²) in [5, 5.41) is 0. The van der Waals surface area contributed by atoms with Gasteiger partial charge in [-0.05, 0) is 41.2 Å². The lowest BCUT2D eigenvalue weighted by Gasteiger charge is -2.09. The Morgan fingerprint density at radius 2 is 1.91 bits per heavy atom. The largest absolute Gasteiger partial charge is 0.546 e. The molecule has 0 bridgehead atoms. The summed E-state index contributed by atoms with van der Waals surface area (Å²) in [5.74, 6) is 0.967. The Morgan fingerprint density at radius 1 is 1.27 bits per heavy atom. The molecule has 0 aromatic heterocycles. The highest BCUT2D eigenvalue weighted by atomic mass is 79.9. The van der Waals surface area contributed by atoms with Gasteiger partial charge in [-0.2, -0.15) is 0 Å². The van der Waals surface area contributed by atoms with Crippen molar-refractivity contribution in [3.63, 3.8) is 0 Å². The summed E-state index contributed by atoms with van der Waals surface area (Å²) in [7, 11) is -0.955. The molecule has 0 radical (unpaired) electrons. The van der Waals surface area contributed by atoms with Crippen LogP contribution in [0.2, 0.25) is 13.1 Å². The molecule has 1 nitrogen and oxygen atoms in total. The molecule has 1 rings (SSSR count). The lowest BCUT2D eigenvalue weighted by atomic mass is 10.3. The van der Waals surface area contributed by atoms with Gasteiger partial charge < -0.3 is 4.43 Å². The molecule has 1 aromatic rings. The first-order chi connectivity index (χ1) is 5.20. The van der Waals surface area contributed by atoms with Crippen LogP contribution in [0.25, 0.3) is 0 Å². The van der Waals surface area contributed by atoms with Gasteiger partial charge in [0.25, 0.3) is 0 Å².